The molecule has 25 heavy (non-hydrogen) atoms. The van der Waals surface area contributed by atoms with E-state index in [2.05, 4.69) is 10.1 Å². The highest BCUT2D eigenvalue weighted by Crippen LogP contribution is 2.23. The third-order valence-corrected chi connectivity index (χ3v) is 3.91. The molecule has 2 rings (SSSR count). The zero-order chi connectivity index (χ0) is 18.4. The van der Waals surface area contributed by atoms with E-state index in [4.69, 9.17) is 16.3 Å². The van der Waals surface area contributed by atoms with E-state index in [0.717, 1.165) is 12.1 Å². The summed E-state index contributed by atoms with van der Waals surface area (Å²) in [5, 5.41) is 2.71. The first kappa shape index (κ1) is 18.7. The first-order valence-electron chi connectivity index (χ1n) is 7.41. The van der Waals surface area contributed by atoms with Gasteiger partial charge in [0.1, 0.15) is 11.6 Å². The van der Waals surface area contributed by atoms with Crippen molar-refractivity contribution in [2.75, 3.05) is 14.2 Å². The van der Waals surface area contributed by atoms with Crippen LogP contribution in [0.5, 0.6) is 5.75 Å². The largest absolute Gasteiger partial charge is 0.497 e. The first-order valence-corrected chi connectivity index (χ1v) is 7.79. The molecule has 0 bridgehead atoms. The monoisotopic (exact) mass is 365 g/mol. The van der Waals surface area contributed by atoms with Crippen LogP contribution < -0.4 is 10.1 Å². The number of carbonyl (C=O) groups excluding carboxylic acids is 2. The molecular weight excluding hydrogens is 349 g/mol. The summed E-state index contributed by atoms with van der Waals surface area (Å²) < 4.78 is 22.9. The predicted molar refractivity (Wildman–Crippen MR) is 91.2 cm³/mol. The second kappa shape index (κ2) is 8.48. The smallest absolute Gasteiger partial charge is 0.307 e. The van der Waals surface area contributed by atoms with Gasteiger partial charge in [0.15, 0.2) is 0 Å². The molecule has 0 aliphatic carbocycles. The molecule has 2 aromatic rings. The second-order valence-corrected chi connectivity index (χ2v) is 5.61. The van der Waals surface area contributed by atoms with Crippen LogP contribution in [0.3, 0.4) is 0 Å². The Bertz CT molecular complexity index is 764. The van der Waals surface area contributed by atoms with Gasteiger partial charge < -0.3 is 14.8 Å². The molecule has 0 saturated heterocycles. The van der Waals surface area contributed by atoms with Crippen LogP contribution in [0.25, 0.3) is 0 Å². The van der Waals surface area contributed by atoms with E-state index in [9.17, 15) is 14.0 Å². The second-order valence-electron chi connectivity index (χ2n) is 5.20. The van der Waals surface area contributed by atoms with Crippen LogP contribution in [0.2, 0.25) is 5.02 Å². The zero-order valence-corrected chi connectivity index (χ0v) is 14.5. The van der Waals surface area contributed by atoms with Crippen LogP contribution in [0.15, 0.2) is 42.5 Å². The van der Waals surface area contributed by atoms with Crippen molar-refractivity contribution in [3.8, 4) is 5.75 Å². The quantitative estimate of drug-likeness (QED) is 0.795. The molecule has 0 radical (unpaired) electrons. The zero-order valence-electron chi connectivity index (χ0n) is 13.7. The molecule has 0 aliphatic rings. The highest BCUT2D eigenvalue weighted by molar-refractivity contribution is 6.33. The number of hydrogen-bond acceptors (Lipinski definition) is 4. The lowest BCUT2D eigenvalue weighted by Crippen LogP contribution is -2.30. The molecule has 0 heterocycles. The lowest BCUT2D eigenvalue weighted by molar-refractivity contribution is -0.141. The summed E-state index contributed by atoms with van der Waals surface area (Å²) in [6, 6.07) is 9.76. The Morgan fingerprint density at radius 3 is 2.40 bits per heavy atom. The van der Waals surface area contributed by atoms with Crippen LogP contribution in [-0.4, -0.2) is 26.1 Å². The number of carbonyl (C=O) groups is 2. The minimum Gasteiger partial charge on any atom is -0.497 e. The average molecular weight is 366 g/mol. The van der Waals surface area contributed by atoms with Gasteiger partial charge in [-0.2, -0.15) is 0 Å². The Morgan fingerprint density at radius 1 is 1.16 bits per heavy atom. The molecule has 0 spiro atoms. The number of amides is 1. The fraction of sp³-hybridized carbons (Fsp3) is 0.222. The summed E-state index contributed by atoms with van der Waals surface area (Å²) in [6.07, 6.45) is -0.0621. The Kier molecular flexibility index (Phi) is 6.36. The van der Waals surface area contributed by atoms with Gasteiger partial charge in [0, 0.05) is 0 Å². The number of benzene rings is 2. The topological polar surface area (TPSA) is 64.6 Å². The standard InChI is InChI=1S/C18H17ClFNO4/c1-24-13-6-3-11(4-7-13)16(10-17(22)25-2)21-18(23)14-8-5-12(20)9-15(14)19/h3-9,16H,10H2,1-2H3,(H,21,23). The number of nitrogens with one attached hydrogen (secondary N) is 1. The van der Waals surface area contributed by atoms with Crippen molar-refractivity contribution in [3.63, 3.8) is 0 Å². The molecular formula is C18H17ClFNO4. The van der Waals surface area contributed by atoms with Crippen molar-refractivity contribution in [3.05, 3.63) is 64.4 Å². The molecule has 2 aromatic carbocycles. The molecule has 1 N–H and O–H groups in total. The summed E-state index contributed by atoms with van der Waals surface area (Å²) in [6.45, 7) is 0. The van der Waals surface area contributed by atoms with Crippen LogP contribution in [0.4, 0.5) is 4.39 Å². The summed E-state index contributed by atoms with van der Waals surface area (Å²) in [7, 11) is 2.81. The summed E-state index contributed by atoms with van der Waals surface area (Å²) in [4.78, 5) is 24.1. The molecule has 0 aromatic heterocycles. The van der Waals surface area contributed by atoms with E-state index in [1.165, 1.54) is 13.2 Å². The van der Waals surface area contributed by atoms with E-state index >= 15 is 0 Å². The maximum absolute atomic E-state index is 13.1. The lowest BCUT2D eigenvalue weighted by atomic mass is 10.0. The highest BCUT2D eigenvalue weighted by atomic mass is 35.5. The molecule has 0 saturated carbocycles. The van der Waals surface area contributed by atoms with E-state index in [1.807, 2.05) is 0 Å². The fourth-order valence-electron chi connectivity index (χ4n) is 2.25. The van der Waals surface area contributed by atoms with Crippen molar-refractivity contribution >= 4 is 23.5 Å². The molecule has 7 heteroatoms. The highest BCUT2D eigenvalue weighted by Gasteiger charge is 2.21. The van der Waals surface area contributed by atoms with Crippen molar-refractivity contribution in [2.45, 2.75) is 12.5 Å². The van der Waals surface area contributed by atoms with Gasteiger partial charge in [0.05, 0.1) is 37.3 Å². The maximum atomic E-state index is 13.1. The molecule has 1 unspecified atom stereocenters. The fourth-order valence-corrected chi connectivity index (χ4v) is 2.50. The summed E-state index contributed by atoms with van der Waals surface area (Å²) in [5.74, 6) is -0.891. The molecule has 132 valence electrons. The van der Waals surface area contributed by atoms with Gasteiger partial charge in [-0.05, 0) is 35.9 Å². The summed E-state index contributed by atoms with van der Waals surface area (Å²) in [5.41, 5.74) is 0.809. The normalized spacial score (nSPS) is 11.5. The minimum absolute atomic E-state index is 0.0101. The van der Waals surface area contributed by atoms with Gasteiger partial charge in [-0.1, -0.05) is 23.7 Å². The lowest BCUT2D eigenvalue weighted by Gasteiger charge is -2.19. The Balaban J connectivity index is 2.25. The number of ether oxygens (including phenoxy) is 2. The molecule has 0 aliphatic heterocycles. The number of hydrogen-bond donors (Lipinski definition) is 1. The Labute approximate surface area is 149 Å². The van der Waals surface area contributed by atoms with Gasteiger partial charge in [0.25, 0.3) is 5.91 Å². The number of esters is 1. The van der Waals surface area contributed by atoms with Crippen molar-refractivity contribution in [2.24, 2.45) is 0 Å². The number of halogens is 2. The Morgan fingerprint density at radius 2 is 1.84 bits per heavy atom. The van der Waals surface area contributed by atoms with Gasteiger partial charge in [0.2, 0.25) is 0 Å². The molecule has 0 fully saturated rings. The van der Waals surface area contributed by atoms with Crippen LogP contribution >= 0.6 is 11.6 Å². The van der Waals surface area contributed by atoms with Gasteiger partial charge >= 0.3 is 5.97 Å². The number of rotatable bonds is 6. The van der Waals surface area contributed by atoms with Gasteiger partial charge in [-0.3, -0.25) is 9.59 Å². The minimum atomic E-state index is -0.632. The third-order valence-electron chi connectivity index (χ3n) is 3.60. The molecule has 5 nitrogen and oxygen atoms in total. The first-order chi connectivity index (χ1) is 11.9. The number of methoxy groups -OCH3 is 2. The molecule has 1 amide bonds. The summed E-state index contributed by atoms with van der Waals surface area (Å²) >= 11 is 5.92. The van der Waals surface area contributed by atoms with Crippen molar-refractivity contribution in [1.29, 1.82) is 0 Å². The van der Waals surface area contributed by atoms with Gasteiger partial charge in [-0.15, -0.1) is 0 Å². The Hall–Kier alpha value is -2.60. The van der Waals surface area contributed by atoms with Gasteiger partial charge in [-0.25, -0.2) is 4.39 Å². The third kappa shape index (κ3) is 4.93. The average Bonchev–Trinajstić information content (AvgIpc) is 2.60. The van der Waals surface area contributed by atoms with Crippen LogP contribution in [0, 0.1) is 5.82 Å². The van der Waals surface area contributed by atoms with E-state index in [1.54, 1.807) is 31.4 Å². The van der Waals surface area contributed by atoms with Crippen molar-refractivity contribution in [1.82, 2.24) is 5.32 Å². The van der Waals surface area contributed by atoms with E-state index < -0.39 is 23.7 Å². The van der Waals surface area contributed by atoms with Crippen LogP contribution in [-0.2, 0) is 9.53 Å². The SMILES string of the molecule is COC(=O)CC(NC(=O)c1ccc(F)cc1Cl)c1ccc(OC)cc1. The van der Waals surface area contributed by atoms with Crippen molar-refractivity contribution < 1.29 is 23.5 Å². The predicted octanol–water partition coefficient (Wildman–Crippen LogP) is 3.52. The molecule has 1 atom stereocenters. The van der Waals surface area contributed by atoms with E-state index in [-0.39, 0.29) is 17.0 Å². The maximum Gasteiger partial charge on any atom is 0.307 e. The van der Waals surface area contributed by atoms with Crippen LogP contribution in [0.1, 0.15) is 28.4 Å². The van der Waals surface area contributed by atoms with E-state index in [0.29, 0.717) is 11.3 Å².